The second-order valence-corrected chi connectivity index (χ2v) is 11.8. The van der Waals surface area contributed by atoms with E-state index >= 15 is 0 Å². The van der Waals surface area contributed by atoms with Crippen LogP contribution in [0.2, 0.25) is 0 Å². The van der Waals surface area contributed by atoms with Crippen LogP contribution in [-0.4, -0.2) is 0 Å². The molecule has 0 bridgehead atoms. The second-order valence-electron chi connectivity index (χ2n) is 11.8. The van der Waals surface area contributed by atoms with Crippen LogP contribution in [0.3, 0.4) is 0 Å². The summed E-state index contributed by atoms with van der Waals surface area (Å²) in [6.07, 6.45) is 0. The van der Waals surface area contributed by atoms with Crippen molar-refractivity contribution >= 4 is 0 Å². The van der Waals surface area contributed by atoms with E-state index in [1.807, 2.05) is 0 Å². The summed E-state index contributed by atoms with van der Waals surface area (Å²) in [5, 5.41) is 0. The Bertz CT molecular complexity index is 1440. The fourth-order valence-corrected chi connectivity index (χ4v) is 7.09. The van der Waals surface area contributed by atoms with Crippen LogP contribution in [0.25, 0.3) is 44.5 Å². The van der Waals surface area contributed by atoms with Crippen molar-refractivity contribution in [1.82, 2.24) is 0 Å². The molecule has 0 N–H and O–H groups in total. The summed E-state index contributed by atoms with van der Waals surface area (Å²) >= 11 is 0. The smallest absolute Gasteiger partial charge is 0.00613 e. The van der Waals surface area contributed by atoms with Crippen LogP contribution in [0.4, 0.5) is 0 Å². The van der Waals surface area contributed by atoms with Gasteiger partial charge in [-0.3, -0.25) is 0 Å². The van der Waals surface area contributed by atoms with Crippen LogP contribution in [0.15, 0.2) is 72.8 Å². The monoisotopic (exact) mass is 522 g/mol. The van der Waals surface area contributed by atoms with E-state index in [0.717, 1.165) is 0 Å². The Morgan fingerprint density at radius 3 is 0.525 bits per heavy atom. The van der Waals surface area contributed by atoms with Crippen molar-refractivity contribution in [2.24, 2.45) is 0 Å². The molecule has 0 aliphatic rings. The van der Waals surface area contributed by atoms with Gasteiger partial charge in [-0.25, -0.2) is 0 Å². The van der Waals surface area contributed by atoms with E-state index < -0.39 is 0 Å². The zero-order valence-electron chi connectivity index (χ0n) is 25.9. The largest absolute Gasteiger partial charge is 0.0617 e. The fourth-order valence-electron chi connectivity index (χ4n) is 7.09. The maximum absolute atomic E-state index is 2.37. The maximum Gasteiger partial charge on any atom is -0.00613 e. The molecule has 0 aromatic heterocycles. The number of benzene rings is 5. The molecular formula is C40H42. The van der Waals surface area contributed by atoms with Crippen molar-refractivity contribution in [3.8, 4) is 44.5 Å². The van der Waals surface area contributed by atoms with E-state index in [2.05, 4.69) is 142 Å². The molecule has 202 valence electrons. The van der Waals surface area contributed by atoms with Crippen molar-refractivity contribution in [3.05, 3.63) is 128 Å². The molecule has 0 saturated carbocycles. The first kappa shape index (κ1) is 27.7. The lowest BCUT2D eigenvalue weighted by atomic mass is 9.73. The molecule has 5 aromatic rings. The van der Waals surface area contributed by atoms with Crippen LogP contribution in [0.5, 0.6) is 0 Å². The first-order valence-corrected chi connectivity index (χ1v) is 14.5. The second kappa shape index (κ2) is 10.6. The third-order valence-electron chi connectivity index (χ3n) is 8.92. The normalized spacial score (nSPS) is 11.2. The van der Waals surface area contributed by atoms with Gasteiger partial charge >= 0.3 is 0 Å². The molecule has 0 fully saturated rings. The Kier molecular flexibility index (Phi) is 7.32. The molecule has 0 aliphatic carbocycles. The average molecular weight is 523 g/mol. The Balaban J connectivity index is 2.15. The van der Waals surface area contributed by atoms with Crippen LogP contribution in [-0.2, 0) is 0 Å². The van der Waals surface area contributed by atoms with Gasteiger partial charge in [-0.2, -0.15) is 0 Å². The van der Waals surface area contributed by atoms with Gasteiger partial charge in [0.25, 0.3) is 0 Å². The fraction of sp³-hybridized carbons (Fsp3) is 0.250. The summed E-state index contributed by atoms with van der Waals surface area (Å²) < 4.78 is 0. The molecule has 5 aromatic carbocycles. The Morgan fingerprint density at radius 2 is 0.375 bits per heavy atom. The highest BCUT2D eigenvalue weighted by Crippen LogP contribution is 2.52. The zero-order chi connectivity index (χ0) is 28.9. The molecule has 0 spiro atoms. The Hall–Kier alpha value is -3.90. The quantitative estimate of drug-likeness (QED) is 0.220. The van der Waals surface area contributed by atoms with Gasteiger partial charge in [0.05, 0.1) is 0 Å². The predicted molar refractivity (Wildman–Crippen MR) is 176 cm³/mol. The van der Waals surface area contributed by atoms with Crippen LogP contribution in [0, 0.1) is 69.2 Å². The van der Waals surface area contributed by atoms with Crippen LogP contribution >= 0.6 is 0 Å². The van der Waals surface area contributed by atoms with Gasteiger partial charge in [0.2, 0.25) is 0 Å². The number of rotatable bonds is 4. The minimum Gasteiger partial charge on any atom is -0.0617 e. The van der Waals surface area contributed by atoms with Gasteiger partial charge in [-0.1, -0.05) is 72.8 Å². The molecule has 0 nitrogen and oxygen atoms in total. The molecular weight excluding hydrogens is 480 g/mol. The SMILES string of the molecule is Cc1cccc(C)c1-c1c(C)c(-c2c(C)cccc2C)c(-c2c(C)cccc2C)c(C)c1-c1c(C)cccc1C. The number of hydrogen-bond acceptors (Lipinski definition) is 0. The molecule has 0 amide bonds. The minimum atomic E-state index is 1.32. The molecule has 0 heterocycles. The molecule has 0 heteroatoms. The lowest BCUT2D eigenvalue weighted by molar-refractivity contribution is 1.28. The highest BCUT2D eigenvalue weighted by molar-refractivity contribution is 6.04. The van der Waals surface area contributed by atoms with Gasteiger partial charge < -0.3 is 0 Å². The molecule has 0 saturated heterocycles. The van der Waals surface area contributed by atoms with Crippen molar-refractivity contribution in [1.29, 1.82) is 0 Å². The van der Waals surface area contributed by atoms with Crippen molar-refractivity contribution in [2.45, 2.75) is 69.2 Å². The first-order valence-electron chi connectivity index (χ1n) is 14.5. The topological polar surface area (TPSA) is 0 Å². The Morgan fingerprint density at radius 1 is 0.225 bits per heavy atom. The van der Waals surface area contributed by atoms with E-state index in [1.54, 1.807) is 0 Å². The first-order chi connectivity index (χ1) is 19.0. The van der Waals surface area contributed by atoms with Crippen LogP contribution in [0.1, 0.15) is 55.6 Å². The van der Waals surface area contributed by atoms with Gasteiger partial charge in [-0.05, 0) is 169 Å². The predicted octanol–water partition coefficient (Wildman–Crippen LogP) is 11.4. The molecule has 40 heavy (non-hydrogen) atoms. The molecule has 0 atom stereocenters. The lowest BCUT2D eigenvalue weighted by Crippen LogP contribution is -2.06. The van der Waals surface area contributed by atoms with E-state index in [-0.39, 0.29) is 0 Å². The van der Waals surface area contributed by atoms with Gasteiger partial charge in [-0.15, -0.1) is 0 Å². The average Bonchev–Trinajstić information content (AvgIpc) is 2.88. The summed E-state index contributed by atoms with van der Waals surface area (Å²) in [6.45, 7) is 22.9. The van der Waals surface area contributed by atoms with Gasteiger partial charge in [0.15, 0.2) is 0 Å². The summed E-state index contributed by atoms with van der Waals surface area (Å²) in [4.78, 5) is 0. The zero-order valence-corrected chi connectivity index (χ0v) is 25.9. The van der Waals surface area contributed by atoms with Crippen molar-refractivity contribution in [2.75, 3.05) is 0 Å². The summed E-state index contributed by atoms with van der Waals surface area (Å²) in [7, 11) is 0. The number of aryl methyl sites for hydroxylation is 8. The van der Waals surface area contributed by atoms with E-state index in [4.69, 9.17) is 0 Å². The summed E-state index contributed by atoms with van der Waals surface area (Å²) in [5.74, 6) is 0. The molecule has 0 aliphatic heterocycles. The number of hydrogen-bond donors (Lipinski definition) is 0. The third kappa shape index (κ3) is 4.40. The standard InChI is InChI=1S/C40H42/c1-23-15-11-16-24(2)33(23)37-31(9)39(35-27(5)19-13-20-28(35)6)40(36-29(7)21-14-22-30(36)8)32(10)38(37)34-25(3)17-12-18-26(34)4/h11-22H,1-10H3. The molecule has 5 rings (SSSR count). The minimum absolute atomic E-state index is 1.32. The van der Waals surface area contributed by atoms with E-state index in [9.17, 15) is 0 Å². The highest BCUT2D eigenvalue weighted by atomic mass is 14.3. The van der Waals surface area contributed by atoms with Crippen molar-refractivity contribution in [3.63, 3.8) is 0 Å². The van der Waals surface area contributed by atoms with Crippen LogP contribution < -0.4 is 0 Å². The molecule has 0 unspecified atom stereocenters. The highest BCUT2D eigenvalue weighted by Gasteiger charge is 2.28. The maximum atomic E-state index is 2.37. The molecule has 0 radical (unpaired) electrons. The Labute approximate surface area is 241 Å². The van der Waals surface area contributed by atoms with Gasteiger partial charge in [0, 0.05) is 0 Å². The summed E-state index contributed by atoms with van der Waals surface area (Å²) in [6, 6.07) is 26.9. The third-order valence-corrected chi connectivity index (χ3v) is 8.92. The van der Waals surface area contributed by atoms with Gasteiger partial charge in [0.1, 0.15) is 0 Å². The van der Waals surface area contributed by atoms with E-state index in [1.165, 1.54) is 100 Å². The van der Waals surface area contributed by atoms with E-state index in [0.29, 0.717) is 0 Å². The lowest BCUT2D eigenvalue weighted by Gasteiger charge is -2.30. The van der Waals surface area contributed by atoms with Crippen molar-refractivity contribution < 1.29 is 0 Å². The summed E-state index contributed by atoms with van der Waals surface area (Å²) in [5.41, 5.74) is 24.2.